The third-order valence-electron chi connectivity index (χ3n) is 5.98. The zero-order chi connectivity index (χ0) is 21.9. The van der Waals surface area contributed by atoms with Crippen LogP contribution in [0.2, 0.25) is 0 Å². The minimum absolute atomic E-state index is 0.563. The summed E-state index contributed by atoms with van der Waals surface area (Å²) >= 11 is 0. The van der Waals surface area contributed by atoms with Gasteiger partial charge in [-0.1, -0.05) is 35.9 Å². The van der Waals surface area contributed by atoms with Gasteiger partial charge in [-0.25, -0.2) is 0 Å². The van der Waals surface area contributed by atoms with E-state index < -0.39 is 10.1 Å². The van der Waals surface area contributed by atoms with E-state index in [0.29, 0.717) is 24.1 Å². The molecule has 2 aliphatic rings. The minimum Gasteiger partial charge on any atom is -0.493 e. The van der Waals surface area contributed by atoms with Crippen molar-refractivity contribution in [1.82, 2.24) is 5.32 Å². The Morgan fingerprint density at radius 1 is 1.17 bits per heavy atom. The van der Waals surface area contributed by atoms with E-state index in [1.165, 1.54) is 28.7 Å². The van der Waals surface area contributed by atoms with Gasteiger partial charge < -0.3 is 14.8 Å². The molecule has 7 heteroatoms. The molecule has 4 rings (SSSR count). The van der Waals surface area contributed by atoms with Gasteiger partial charge in [0.15, 0.2) is 11.5 Å². The lowest BCUT2D eigenvalue weighted by Crippen LogP contribution is -2.31. The van der Waals surface area contributed by atoms with Crippen LogP contribution in [0.3, 0.4) is 0 Å². The lowest BCUT2D eigenvalue weighted by molar-refractivity contribution is 0.335. The monoisotopic (exact) mass is 433 g/mol. The van der Waals surface area contributed by atoms with Crippen molar-refractivity contribution in [3.8, 4) is 11.5 Å². The smallest absolute Gasteiger partial charge is 0.261 e. The van der Waals surface area contributed by atoms with Crippen LogP contribution < -0.4 is 14.8 Å². The molecule has 0 amide bonds. The average Bonchev–Trinajstić information content (AvgIpc) is 3.08. The molecule has 0 radical (unpaired) electrons. The van der Waals surface area contributed by atoms with Crippen LogP contribution in [-0.2, 0) is 23.0 Å². The predicted octanol–water partition coefficient (Wildman–Crippen LogP) is 3.38. The lowest BCUT2D eigenvalue weighted by atomic mass is 9.73. The summed E-state index contributed by atoms with van der Waals surface area (Å²) < 4.78 is 37.0. The summed E-state index contributed by atoms with van der Waals surface area (Å²) in [5.74, 6) is 3.06. The molecule has 6 nitrogen and oxygen atoms in total. The summed E-state index contributed by atoms with van der Waals surface area (Å²) in [7, 11) is -0.206. The molecule has 1 aliphatic carbocycles. The standard InChI is InChI=1S/C22H27NO2.CH4O3S/c1-14-5-4-6-15(11-14)12-20-17-7-8-18-16(19(17)13-23-20)9-10-21(24-2)22(18)25-3;1-5(2,3)4/h4-6,9-11,17,19-20,23H,7-8,12-13H2,1-3H3;1H3,(H,2,3,4)/t17?,19-,20+;/m0./s1. The van der Waals surface area contributed by atoms with Crippen molar-refractivity contribution in [3.05, 3.63) is 58.7 Å². The van der Waals surface area contributed by atoms with Gasteiger partial charge in [0.2, 0.25) is 0 Å². The lowest BCUT2D eigenvalue weighted by Gasteiger charge is -2.32. The number of benzene rings is 2. The maximum absolute atomic E-state index is 9.19. The van der Waals surface area contributed by atoms with E-state index in [-0.39, 0.29) is 0 Å². The fraction of sp³-hybridized carbons (Fsp3) is 0.478. The van der Waals surface area contributed by atoms with Gasteiger partial charge in [-0.2, -0.15) is 8.42 Å². The predicted molar refractivity (Wildman–Crippen MR) is 118 cm³/mol. The summed E-state index contributed by atoms with van der Waals surface area (Å²) in [5, 5.41) is 3.80. The van der Waals surface area contributed by atoms with Crippen LogP contribution >= 0.6 is 0 Å². The highest BCUT2D eigenvalue weighted by Crippen LogP contribution is 2.47. The normalized spacial score (nSPS) is 22.4. The number of fused-ring (bicyclic) bond motifs is 3. The molecule has 1 saturated heterocycles. The first-order valence-electron chi connectivity index (χ1n) is 10.2. The second-order valence-corrected chi connectivity index (χ2v) is 9.58. The highest BCUT2D eigenvalue weighted by Gasteiger charge is 2.41. The fourth-order valence-corrected chi connectivity index (χ4v) is 4.84. The number of aryl methyl sites for hydroxylation is 1. The molecule has 0 spiro atoms. The topological polar surface area (TPSA) is 84.9 Å². The Morgan fingerprint density at radius 2 is 1.90 bits per heavy atom. The zero-order valence-electron chi connectivity index (χ0n) is 18.0. The Morgan fingerprint density at radius 3 is 2.53 bits per heavy atom. The Labute approximate surface area is 179 Å². The van der Waals surface area contributed by atoms with Crippen LogP contribution in [-0.4, -0.2) is 46.0 Å². The van der Waals surface area contributed by atoms with Gasteiger partial charge in [0.1, 0.15) is 0 Å². The van der Waals surface area contributed by atoms with E-state index in [1.807, 2.05) is 0 Å². The van der Waals surface area contributed by atoms with Crippen molar-refractivity contribution < 1.29 is 22.4 Å². The van der Waals surface area contributed by atoms with Gasteiger partial charge in [0.05, 0.1) is 20.5 Å². The Kier molecular flexibility index (Phi) is 7.06. The van der Waals surface area contributed by atoms with E-state index in [4.69, 9.17) is 14.0 Å². The number of rotatable bonds is 4. The van der Waals surface area contributed by atoms with E-state index in [1.54, 1.807) is 14.2 Å². The van der Waals surface area contributed by atoms with Gasteiger partial charge in [-0.15, -0.1) is 0 Å². The van der Waals surface area contributed by atoms with Crippen molar-refractivity contribution in [2.75, 3.05) is 27.0 Å². The van der Waals surface area contributed by atoms with Crippen molar-refractivity contribution in [3.63, 3.8) is 0 Å². The van der Waals surface area contributed by atoms with Crippen LogP contribution in [0.15, 0.2) is 36.4 Å². The summed E-state index contributed by atoms with van der Waals surface area (Å²) in [6.07, 6.45) is 4.12. The van der Waals surface area contributed by atoms with Crippen LogP contribution in [0.1, 0.15) is 34.6 Å². The second kappa shape index (κ2) is 9.37. The SMILES string of the molecule is COc1ccc2c(c1OC)CCC1[C@@H](Cc3cccc(C)c3)NC[C@@H]21.CS(=O)(=O)O. The fourth-order valence-electron chi connectivity index (χ4n) is 4.84. The van der Waals surface area contributed by atoms with Crippen molar-refractivity contribution in [1.29, 1.82) is 0 Å². The molecule has 2 aromatic carbocycles. The molecular weight excluding hydrogens is 402 g/mol. The molecular formula is C23H31NO5S. The van der Waals surface area contributed by atoms with E-state index in [2.05, 4.69) is 48.6 Å². The molecule has 1 heterocycles. The summed E-state index contributed by atoms with van der Waals surface area (Å²) in [6.45, 7) is 3.23. The zero-order valence-corrected chi connectivity index (χ0v) is 18.8. The Balaban J connectivity index is 0.000000461. The number of hydrogen-bond acceptors (Lipinski definition) is 5. The van der Waals surface area contributed by atoms with Crippen molar-refractivity contribution >= 4 is 10.1 Å². The third kappa shape index (κ3) is 5.33. The molecule has 164 valence electrons. The second-order valence-electron chi connectivity index (χ2n) is 8.12. The van der Waals surface area contributed by atoms with Crippen LogP contribution in [0.25, 0.3) is 0 Å². The van der Waals surface area contributed by atoms with Gasteiger partial charge in [0.25, 0.3) is 10.1 Å². The first-order valence-corrected chi connectivity index (χ1v) is 12.0. The summed E-state index contributed by atoms with van der Waals surface area (Å²) in [5.41, 5.74) is 5.59. The highest BCUT2D eigenvalue weighted by molar-refractivity contribution is 7.85. The van der Waals surface area contributed by atoms with Crippen LogP contribution in [0, 0.1) is 12.8 Å². The highest BCUT2D eigenvalue weighted by atomic mass is 32.2. The molecule has 2 aromatic rings. The largest absolute Gasteiger partial charge is 0.493 e. The maximum atomic E-state index is 9.19. The molecule has 1 fully saturated rings. The van der Waals surface area contributed by atoms with Gasteiger partial charge >= 0.3 is 0 Å². The van der Waals surface area contributed by atoms with E-state index in [0.717, 1.165) is 30.9 Å². The Bertz CT molecular complexity index is 981. The number of hydrogen-bond donors (Lipinski definition) is 2. The third-order valence-corrected chi connectivity index (χ3v) is 5.98. The molecule has 1 unspecified atom stereocenters. The van der Waals surface area contributed by atoms with E-state index in [9.17, 15) is 8.42 Å². The maximum Gasteiger partial charge on any atom is 0.261 e. The number of methoxy groups -OCH3 is 2. The molecule has 0 aromatic heterocycles. The van der Waals surface area contributed by atoms with Crippen LogP contribution in [0.4, 0.5) is 0 Å². The molecule has 2 N–H and O–H groups in total. The minimum atomic E-state index is -3.67. The molecule has 3 atom stereocenters. The van der Waals surface area contributed by atoms with Gasteiger partial charge in [-0.05, 0) is 49.3 Å². The molecule has 0 saturated carbocycles. The quantitative estimate of drug-likeness (QED) is 0.719. The van der Waals surface area contributed by atoms with Crippen molar-refractivity contribution in [2.45, 2.75) is 38.1 Å². The number of nitrogens with one attached hydrogen (secondary N) is 1. The molecule has 30 heavy (non-hydrogen) atoms. The first kappa shape index (κ1) is 22.6. The average molecular weight is 434 g/mol. The van der Waals surface area contributed by atoms with E-state index >= 15 is 0 Å². The summed E-state index contributed by atoms with van der Waals surface area (Å²) in [6, 6.07) is 13.8. The first-order chi connectivity index (χ1) is 14.2. The molecule has 1 aliphatic heterocycles. The van der Waals surface area contributed by atoms with Crippen molar-refractivity contribution in [2.24, 2.45) is 5.92 Å². The van der Waals surface area contributed by atoms with Crippen LogP contribution in [0.5, 0.6) is 11.5 Å². The van der Waals surface area contributed by atoms with Gasteiger partial charge in [-0.3, -0.25) is 4.55 Å². The number of ether oxygens (including phenoxy) is 2. The summed E-state index contributed by atoms with van der Waals surface area (Å²) in [4.78, 5) is 0. The molecule has 0 bridgehead atoms. The van der Waals surface area contributed by atoms with Gasteiger partial charge in [0, 0.05) is 24.1 Å². The Hall–Kier alpha value is -2.09.